The second-order valence-electron chi connectivity index (χ2n) is 3.50. The summed E-state index contributed by atoms with van der Waals surface area (Å²) in [4.78, 5) is 0. The highest BCUT2D eigenvalue weighted by Gasteiger charge is 2.15. The number of phenols is 1. The average molecular weight is 274 g/mol. The summed E-state index contributed by atoms with van der Waals surface area (Å²) >= 11 is 3.32. The molecule has 0 aliphatic heterocycles. The molecule has 1 atom stereocenters. The zero-order valence-corrected chi connectivity index (χ0v) is 10.5. The monoisotopic (exact) mass is 273 g/mol. The molecule has 3 nitrogen and oxygen atoms in total. The van der Waals surface area contributed by atoms with Crippen LogP contribution >= 0.6 is 15.9 Å². The first-order valence-electron chi connectivity index (χ1n) is 4.87. The van der Waals surface area contributed by atoms with E-state index in [0.717, 1.165) is 16.5 Å². The first-order chi connectivity index (χ1) is 7.11. The van der Waals surface area contributed by atoms with Gasteiger partial charge < -0.3 is 15.6 Å². The Balaban J connectivity index is 3.09. The van der Waals surface area contributed by atoms with Crippen LogP contribution in [0.25, 0.3) is 0 Å². The van der Waals surface area contributed by atoms with Gasteiger partial charge in [-0.25, -0.2) is 0 Å². The maximum absolute atomic E-state index is 9.97. The molecular weight excluding hydrogens is 258 g/mol. The Morgan fingerprint density at radius 3 is 2.73 bits per heavy atom. The maximum Gasteiger partial charge on any atom is 0.174 e. The molecule has 0 saturated heterocycles. The van der Waals surface area contributed by atoms with E-state index in [2.05, 4.69) is 15.9 Å². The SMILES string of the molecule is COc1c(Br)ccc(C(C)CCN)c1O. The van der Waals surface area contributed by atoms with Gasteiger partial charge in [-0.15, -0.1) is 0 Å². The number of methoxy groups -OCH3 is 1. The molecule has 3 N–H and O–H groups in total. The second-order valence-corrected chi connectivity index (χ2v) is 4.35. The Hall–Kier alpha value is -0.740. The topological polar surface area (TPSA) is 55.5 Å². The largest absolute Gasteiger partial charge is 0.504 e. The Labute approximate surface area is 98.4 Å². The summed E-state index contributed by atoms with van der Waals surface area (Å²) in [6.45, 7) is 2.65. The van der Waals surface area contributed by atoms with Gasteiger partial charge in [0.15, 0.2) is 11.5 Å². The standard InChI is InChI=1S/C11H16BrNO2/c1-7(5-6-13)8-3-4-9(12)11(15-2)10(8)14/h3-4,7,14H,5-6,13H2,1-2H3. The van der Waals surface area contributed by atoms with Crippen LogP contribution in [0.15, 0.2) is 16.6 Å². The van der Waals surface area contributed by atoms with E-state index in [1.165, 1.54) is 7.11 Å². The third-order valence-corrected chi connectivity index (χ3v) is 3.07. The molecule has 0 aliphatic carbocycles. The van der Waals surface area contributed by atoms with Crippen LogP contribution in [0.5, 0.6) is 11.5 Å². The highest BCUT2D eigenvalue weighted by molar-refractivity contribution is 9.10. The van der Waals surface area contributed by atoms with Crippen molar-refractivity contribution >= 4 is 15.9 Å². The zero-order chi connectivity index (χ0) is 11.4. The van der Waals surface area contributed by atoms with Gasteiger partial charge in [0.25, 0.3) is 0 Å². The van der Waals surface area contributed by atoms with Crippen molar-refractivity contribution in [3.05, 3.63) is 22.2 Å². The molecule has 4 heteroatoms. The van der Waals surface area contributed by atoms with Crippen molar-refractivity contribution in [2.45, 2.75) is 19.3 Å². The molecule has 1 rings (SSSR count). The van der Waals surface area contributed by atoms with Gasteiger partial charge in [0.2, 0.25) is 0 Å². The molecule has 1 aromatic carbocycles. The van der Waals surface area contributed by atoms with Crippen LogP contribution in [0, 0.1) is 0 Å². The lowest BCUT2D eigenvalue weighted by molar-refractivity contribution is 0.366. The smallest absolute Gasteiger partial charge is 0.174 e. The Morgan fingerprint density at radius 1 is 1.53 bits per heavy atom. The molecule has 84 valence electrons. The minimum atomic E-state index is 0.202. The molecule has 15 heavy (non-hydrogen) atoms. The van der Waals surface area contributed by atoms with Gasteiger partial charge in [0, 0.05) is 5.56 Å². The second kappa shape index (κ2) is 5.37. The van der Waals surface area contributed by atoms with Crippen LogP contribution in [-0.4, -0.2) is 18.8 Å². The van der Waals surface area contributed by atoms with Gasteiger partial charge in [0.1, 0.15) is 0 Å². The number of benzene rings is 1. The van der Waals surface area contributed by atoms with Crippen LogP contribution in [0.4, 0.5) is 0 Å². The fourth-order valence-corrected chi connectivity index (χ4v) is 2.04. The number of nitrogens with two attached hydrogens (primary N) is 1. The summed E-state index contributed by atoms with van der Waals surface area (Å²) in [5.74, 6) is 0.918. The van der Waals surface area contributed by atoms with Crippen molar-refractivity contribution in [3.63, 3.8) is 0 Å². The van der Waals surface area contributed by atoms with E-state index in [0.29, 0.717) is 12.3 Å². The third kappa shape index (κ3) is 2.63. The van der Waals surface area contributed by atoms with E-state index in [1.54, 1.807) is 0 Å². The molecule has 1 unspecified atom stereocenters. The van der Waals surface area contributed by atoms with Crippen molar-refractivity contribution in [2.24, 2.45) is 5.73 Å². The molecule has 0 amide bonds. The quantitative estimate of drug-likeness (QED) is 0.887. The van der Waals surface area contributed by atoms with Crippen molar-refractivity contribution in [1.82, 2.24) is 0 Å². The molecule has 0 heterocycles. The molecule has 0 aliphatic rings. The van der Waals surface area contributed by atoms with Gasteiger partial charge in [-0.1, -0.05) is 13.0 Å². The van der Waals surface area contributed by atoms with Crippen molar-refractivity contribution < 1.29 is 9.84 Å². The lowest BCUT2D eigenvalue weighted by Crippen LogP contribution is -2.05. The Kier molecular flexibility index (Phi) is 4.42. The van der Waals surface area contributed by atoms with E-state index >= 15 is 0 Å². The predicted octanol–water partition coefficient (Wildman–Crippen LogP) is 2.62. The normalized spacial score (nSPS) is 12.5. The van der Waals surface area contributed by atoms with Crippen LogP contribution in [-0.2, 0) is 0 Å². The fourth-order valence-electron chi connectivity index (χ4n) is 1.56. The van der Waals surface area contributed by atoms with Gasteiger partial charge in [-0.2, -0.15) is 0 Å². The van der Waals surface area contributed by atoms with Crippen LogP contribution in [0.2, 0.25) is 0 Å². The average Bonchev–Trinajstić information content (AvgIpc) is 2.18. The minimum absolute atomic E-state index is 0.202. The number of ether oxygens (including phenoxy) is 1. The zero-order valence-electron chi connectivity index (χ0n) is 8.96. The Bertz CT molecular complexity index is 342. The first-order valence-corrected chi connectivity index (χ1v) is 5.66. The summed E-state index contributed by atoms with van der Waals surface area (Å²) in [6, 6.07) is 3.77. The van der Waals surface area contributed by atoms with Gasteiger partial charge in [-0.3, -0.25) is 0 Å². The number of hydrogen-bond donors (Lipinski definition) is 2. The summed E-state index contributed by atoms with van der Waals surface area (Å²) in [5.41, 5.74) is 6.37. The summed E-state index contributed by atoms with van der Waals surface area (Å²) < 4.78 is 5.87. The van der Waals surface area contributed by atoms with E-state index in [4.69, 9.17) is 10.5 Å². The molecular formula is C11H16BrNO2. The summed E-state index contributed by atoms with van der Waals surface area (Å²) in [6.07, 6.45) is 0.846. The summed E-state index contributed by atoms with van der Waals surface area (Å²) in [5, 5.41) is 9.97. The number of phenolic OH excluding ortho intramolecular Hbond substituents is 1. The molecule has 0 spiro atoms. The van der Waals surface area contributed by atoms with Crippen molar-refractivity contribution in [2.75, 3.05) is 13.7 Å². The van der Waals surface area contributed by atoms with Crippen LogP contribution in [0.3, 0.4) is 0 Å². The minimum Gasteiger partial charge on any atom is -0.504 e. The van der Waals surface area contributed by atoms with E-state index in [9.17, 15) is 5.11 Å². The van der Waals surface area contributed by atoms with Gasteiger partial charge >= 0.3 is 0 Å². The van der Waals surface area contributed by atoms with Gasteiger partial charge in [-0.05, 0) is 40.9 Å². The number of hydrogen-bond acceptors (Lipinski definition) is 3. The lowest BCUT2D eigenvalue weighted by atomic mass is 9.96. The molecule has 0 aromatic heterocycles. The molecule has 0 saturated carbocycles. The predicted molar refractivity (Wildman–Crippen MR) is 64.4 cm³/mol. The first kappa shape index (κ1) is 12.3. The fraction of sp³-hybridized carbons (Fsp3) is 0.455. The molecule has 0 bridgehead atoms. The van der Waals surface area contributed by atoms with E-state index in [1.807, 2.05) is 19.1 Å². The number of aromatic hydroxyl groups is 1. The van der Waals surface area contributed by atoms with E-state index in [-0.39, 0.29) is 11.7 Å². The molecule has 0 radical (unpaired) electrons. The van der Waals surface area contributed by atoms with Crippen LogP contribution in [0.1, 0.15) is 24.8 Å². The third-order valence-electron chi connectivity index (χ3n) is 2.45. The molecule has 1 aromatic rings. The van der Waals surface area contributed by atoms with Crippen molar-refractivity contribution in [3.8, 4) is 11.5 Å². The van der Waals surface area contributed by atoms with E-state index < -0.39 is 0 Å². The summed E-state index contributed by atoms with van der Waals surface area (Å²) in [7, 11) is 1.54. The molecule has 0 fully saturated rings. The number of rotatable bonds is 4. The highest BCUT2D eigenvalue weighted by Crippen LogP contribution is 2.40. The van der Waals surface area contributed by atoms with Gasteiger partial charge in [0.05, 0.1) is 11.6 Å². The number of halogens is 1. The van der Waals surface area contributed by atoms with Crippen LogP contribution < -0.4 is 10.5 Å². The lowest BCUT2D eigenvalue weighted by Gasteiger charge is -2.15. The highest BCUT2D eigenvalue weighted by atomic mass is 79.9. The van der Waals surface area contributed by atoms with Crippen molar-refractivity contribution in [1.29, 1.82) is 0 Å². The maximum atomic E-state index is 9.97. The Morgan fingerprint density at radius 2 is 2.20 bits per heavy atom.